The number of aliphatic hydroxyl groups excluding tert-OH is 1. The SMILES string of the molecule is O=C(N[C@H](C[C@H]1CC[C@@H](O)CC1)C(=O)O)OCC1c2ccccc2-c2ccccc21. The van der Waals surface area contributed by atoms with Crippen LogP contribution in [0.15, 0.2) is 48.5 Å². The van der Waals surface area contributed by atoms with Crippen molar-refractivity contribution < 1.29 is 24.5 Å². The number of aliphatic hydroxyl groups is 1. The van der Waals surface area contributed by atoms with E-state index in [-0.39, 0.29) is 24.5 Å². The van der Waals surface area contributed by atoms with Gasteiger partial charge in [0.1, 0.15) is 12.6 Å². The lowest BCUT2D eigenvalue weighted by Gasteiger charge is -2.27. The standard InChI is InChI=1S/C24H27NO5/c26-16-11-9-15(10-12-16)13-22(23(27)28)25-24(29)30-14-21-19-7-3-1-5-17(19)18-6-2-4-8-20(18)21/h1-8,15-16,21-22,26H,9-14H2,(H,25,29)(H,27,28)/t15-,16+,22-/m1/s1. The van der Waals surface area contributed by atoms with Crippen molar-refractivity contribution in [3.63, 3.8) is 0 Å². The number of alkyl carbamates (subject to hydrolysis) is 1. The number of benzene rings is 2. The van der Waals surface area contributed by atoms with E-state index in [1.165, 1.54) is 0 Å². The largest absolute Gasteiger partial charge is 0.480 e. The second-order valence-electron chi connectivity index (χ2n) is 8.27. The lowest BCUT2D eigenvalue weighted by atomic mass is 9.83. The molecular weight excluding hydrogens is 382 g/mol. The minimum atomic E-state index is -1.06. The maximum absolute atomic E-state index is 12.4. The van der Waals surface area contributed by atoms with Gasteiger partial charge in [0.15, 0.2) is 0 Å². The summed E-state index contributed by atoms with van der Waals surface area (Å²) in [6, 6.07) is 15.2. The number of hydrogen-bond donors (Lipinski definition) is 3. The van der Waals surface area contributed by atoms with Crippen LogP contribution in [0.1, 0.15) is 49.1 Å². The number of rotatable bonds is 6. The number of ether oxygens (including phenoxy) is 1. The summed E-state index contributed by atoms with van der Waals surface area (Å²) in [6.07, 6.45) is 2.27. The van der Waals surface area contributed by atoms with Gasteiger partial charge in [-0.2, -0.15) is 0 Å². The Bertz CT molecular complexity index is 874. The third kappa shape index (κ3) is 4.33. The van der Waals surface area contributed by atoms with Crippen LogP contribution in [0.2, 0.25) is 0 Å². The van der Waals surface area contributed by atoms with Gasteiger partial charge in [0.2, 0.25) is 0 Å². The first-order valence-corrected chi connectivity index (χ1v) is 10.5. The number of carbonyl (C=O) groups is 2. The molecule has 2 aromatic carbocycles. The van der Waals surface area contributed by atoms with Crippen molar-refractivity contribution in [1.29, 1.82) is 0 Å². The minimum Gasteiger partial charge on any atom is -0.480 e. The Morgan fingerprint density at radius 1 is 0.967 bits per heavy atom. The molecule has 1 saturated carbocycles. The smallest absolute Gasteiger partial charge is 0.407 e. The lowest BCUT2D eigenvalue weighted by Crippen LogP contribution is -2.43. The van der Waals surface area contributed by atoms with Crippen LogP contribution >= 0.6 is 0 Å². The molecule has 2 aromatic rings. The van der Waals surface area contributed by atoms with E-state index in [0.717, 1.165) is 35.1 Å². The Morgan fingerprint density at radius 2 is 1.53 bits per heavy atom. The quantitative estimate of drug-likeness (QED) is 0.672. The number of nitrogens with one attached hydrogen (secondary N) is 1. The molecule has 2 aliphatic rings. The van der Waals surface area contributed by atoms with Crippen molar-refractivity contribution >= 4 is 12.1 Å². The molecule has 0 radical (unpaired) electrons. The van der Waals surface area contributed by atoms with Crippen LogP contribution in [0.5, 0.6) is 0 Å². The van der Waals surface area contributed by atoms with E-state index in [9.17, 15) is 19.8 Å². The first-order chi connectivity index (χ1) is 14.5. The highest BCUT2D eigenvalue weighted by atomic mass is 16.5. The van der Waals surface area contributed by atoms with Crippen LogP contribution in [0.4, 0.5) is 4.79 Å². The minimum absolute atomic E-state index is 0.0636. The van der Waals surface area contributed by atoms with Gasteiger partial charge in [-0.15, -0.1) is 0 Å². The second-order valence-corrected chi connectivity index (χ2v) is 8.27. The predicted octanol–water partition coefficient (Wildman–Crippen LogP) is 3.92. The fraction of sp³-hybridized carbons (Fsp3) is 0.417. The molecule has 0 aliphatic heterocycles. The molecule has 0 unspecified atom stereocenters. The molecule has 6 heteroatoms. The number of carbonyl (C=O) groups excluding carboxylic acids is 1. The second kappa shape index (κ2) is 8.88. The summed E-state index contributed by atoms with van der Waals surface area (Å²) >= 11 is 0. The zero-order chi connectivity index (χ0) is 21.1. The molecule has 0 spiro atoms. The zero-order valence-electron chi connectivity index (χ0n) is 16.8. The van der Waals surface area contributed by atoms with Crippen LogP contribution in [-0.2, 0) is 9.53 Å². The van der Waals surface area contributed by atoms with Crippen molar-refractivity contribution in [2.24, 2.45) is 5.92 Å². The van der Waals surface area contributed by atoms with Gasteiger partial charge in [-0.05, 0) is 60.3 Å². The average Bonchev–Trinajstić information content (AvgIpc) is 3.07. The van der Waals surface area contributed by atoms with Crippen LogP contribution in [0.3, 0.4) is 0 Å². The number of carboxylic acid groups (broad SMARTS) is 1. The third-order valence-corrected chi connectivity index (χ3v) is 6.32. The van der Waals surface area contributed by atoms with E-state index in [0.29, 0.717) is 19.3 Å². The predicted molar refractivity (Wildman–Crippen MR) is 112 cm³/mol. The molecule has 0 heterocycles. The Kier molecular flexibility index (Phi) is 6.04. The molecule has 2 aliphatic carbocycles. The molecule has 0 aromatic heterocycles. The average molecular weight is 409 g/mol. The van der Waals surface area contributed by atoms with Gasteiger partial charge in [0, 0.05) is 5.92 Å². The van der Waals surface area contributed by atoms with Gasteiger partial charge in [-0.1, -0.05) is 48.5 Å². The summed E-state index contributed by atoms with van der Waals surface area (Å²) in [5, 5.41) is 21.7. The molecule has 0 bridgehead atoms. The van der Waals surface area contributed by atoms with E-state index in [2.05, 4.69) is 17.4 Å². The molecule has 1 amide bonds. The highest BCUT2D eigenvalue weighted by Gasteiger charge is 2.31. The lowest BCUT2D eigenvalue weighted by molar-refractivity contribution is -0.140. The molecule has 0 saturated heterocycles. The normalized spacial score (nSPS) is 21.4. The summed E-state index contributed by atoms with van der Waals surface area (Å²) in [5.74, 6) is -0.940. The highest BCUT2D eigenvalue weighted by molar-refractivity contribution is 5.81. The number of fused-ring (bicyclic) bond motifs is 3. The van der Waals surface area contributed by atoms with Crippen molar-refractivity contribution in [2.75, 3.05) is 6.61 Å². The Labute approximate surface area is 175 Å². The fourth-order valence-electron chi connectivity index (χ4n) is 4.72. The van der Waals surface area contributed by atoms with Crippen molar-refractivity contribution in [3.05, 3.63) is 59.7 Å². The van der Waals surface area contributed by atoms with Crippen LogP contribution in [-0.4, -0.2) is 41.0 Å². The molecule has 158 valence electrons. The molecule has 6 nitrogen and oxygen atoms in total. The van der Waals surface area contributed by atoms with Gasteiger partial charge in [0.05, 0.1) is 6.10 Å². The van der Waals surface area contributed by atoms with Crippen molar-refractivity contribution in [2.45, 2.75) is 50.2 Å². The first kappa shape index (κ1) is 20.4. The van der Waals surface area contributed by atoms with E-state index in [1.54, 1.807) is 0 Å². The topological polar surface area (TPSA) is 95.9 Å². The van der Waals surface area contributed by atoms with E-state index in [1.807, 2.05) is 36.4 Å². The van der Waals surface area contributed by atoms with Crippen molar-refractivity contribution in [3.8, 4) is 11.1 Å². The third-order valence-electron chi connectivity index (χ3n) is 6.32. The summed E-state index contributed by atoms with van der Waals surface area (Å²) in [5.41, 5.74) is 4.51. The van der Waals surface area contributed by atoms with Gasteiger partial charge in [-0.25, -0.2) is 9.59 Å². The maximum Gasteiger partial charge on any atom is 0.407 e. The van der Waals surface area contributed by atoms with Gasteiger partial charge in [0.25, 0.3) is 0 Å². The Morgan fingerprint density at radius 3 is 2.10 bits per heavy atom. The molecule has 3 N–H and O–H groups in total. The highest BCUT2D eigenvalue weighted by Crippen LogP contribution is 2.44. The molecule has 4 rings (SSSR count). The van der Waals surface area contributed by atoms with Crippen LogP contribution in [0, 0.1) is 5.92 Å². The summed E-state index contributed by atoms with van der Waals surface area (Å²) in [6.45, 7) is 0.155. The molecular formula is C24H27NO5. The van der Waals surface area contributed by atoms with Crippen LogP contribution < -0.4 is 5.32 Å². The van der Waals surface area contributed by atoms with E-state index >= 15 is 0 Å². The summed E-state index contributed by atoms with van der Waals surface area (Å²) < 4.78 is 5.47. The maximum atomic E-state index is 12.4. The Balaban J connectivity index is 1.37. The molecule has 30 heavy (non-hydrogen) atoms. The zero-order valence-corrected chi connectivity index (χ0v) is 16.8. The Hall–Kier alpha value is -2.86. The summed E-state index contributed by atoms with van der Waals surface area (Å²) in [4.78, 5) is 24.0. The number of amides is 1. The van der Waals surface area contributed by atoms with Crippen LogP contribution in [0.25, 0.3) is 11.1 Å². The molecule has 1 fully saturated rings. The fourth-order valence-corrected chi connectivity index (χ4v) is 4.72. The van der Waals surface area contributed by atoms with E-state index in [4.69, 9.17) is 4.74 Å². The number of aliphatic carboxylic acids is 1. The van der Waals surface area contributed by atoms with Gasteiger partial charge < -0.3 is 20.3 Å². The molecule has 1 atom stereocenters. The number of carboxylic acids is 1. The van der Waals surface area contributed by atoms with Gasteiger partial charge >= 0.3 is 12.1 Å². The van der Waals surface area contributed by atoms with Crippen molar-refractivity contribution in [1.82, 2.24) is 5.32 Å². The number of hydrogen-bond acceptors (Lipinski definition) is 4. The summed E-state index contributed by atoms with van der Waals surface area (Å²) in [7, 11) is 0. The van der Waals surface area contributed by atoms with Gasteiger partial charge in [-0.3, -0.25) is 0 Å². The first-order valence-electron chi connectivity index (χ1n) is 10.5. The van der Waals surface area contributed by atoms with E-state index < -0.39 is 18.1 Å². The monoisotopic (exact) mass is 409 g/mol.